The number of aryl methyl sites for hydroxylation is 1. The summed E-state index contributed by atoms with van der Waals surface area (Å²) < 4.78 is 13.1. The van der Waals surface area contributed by atoms with Gasteiger partial charge >= 0.3 is 0 Å². The standard InChI is InChI=1S/C13H12ClFN2O/c1-8-16-5-4-12(17-8)13(18)7-9-6-10(15)2-3-11(9)14/h2-6,13,18H,7H2,1H3. The lowest BCUT2D eigenvalue weighted by Crippen LogP contribution is -2.06. The molecule has 0 aliphatic carbocycles. The quantitative estimate of drug-likeness (QED) is 0.929. The molecular weight excluding hydrogens is 255 g/mol. The molecule has 2 rings (SSSR count). The molecule has 1 heterocycles. The monoisotopic (exact) mass is 266 g/mol. The number of halogens is 2. The lowest BCUT2D eigenvalue weighted by atomic mass is 10.1. The first-order valence-electron chi connectivity index (χ1n) is 5.48. The molecule has 0 aliphatic rings. The zero-order valence-electron chi connectivity index (χ0n) is 9.77. The van der Waals surface area contributed by atoms with E-state index in [9.17, 15) is 9.50 Å². The Balaban J connectivity index is 2.21. The first-order valence-corrected chi connectivity index (χ1v) is 5.85. The molecule has 1 unspecified atom stereocenters. The number of aliphatic hydroxyl groups is 1. The second-order valence-electron chi connectivity index (χ2n) is 3.98. The number of hydrogen-bond donors (Lipinski definition) is 1. The zero-order valence-corrected chi connectivity index (χ0v) is 10.5. The van der Waals surface area contributed by atoms with Crippen molar-refractivity contribution in [2.24, 2.45) is 0 Å². The van der Waals surface area contributed by atoms with Crippen molar-refractivity contribution in [1.82, 2.24) is 9.97 Å². The largest absolute Gasteiger partial charge is 0.386 e. The van der Waals surface area contributed by atoms with Gasteiger partial charge in [0.15, 0.2) is 0 Å². The average Bonchev–Trinajstić information content (AvgIpc) is 2.34. The zero-order chi connectivity index (χ0) is 13.1. The lowest BCUT2D eigenvalue weighted by molar-refractivity contribution is 0.173. The molecule has 1 N–H and O–H groups in total. The first-order chi connectivity index (χ1) is 8.56. The molecule has 18 heavy (non-hydrogen) atoms. The second-order valence-corrected chi connectivity index (χ2v) is 4.39. The van der Waals surface area contributed by atoms with Gasteiger partial charge in [-0.25, -0.2) is 14.4 Å². The van der Waals surface area contributed by atoms with E-state index < -0.39 is 6.10 Å². The highest BCUT2D eigenvalue weighted by Gasteiger charge is 2.13. The van der Waals surface area contributed by atoms with Crippen LogP contribution >= 0.6 is 11.6 Å². The summed E-state index contributed by atoms with van der Waals surface area (Å²) in [4.78, 5) is 8.08. The van der Waals surface area contributed by atoms with Gasteiger partial charge in [-0.15, -0.1) is 0 Å². The van der Waals surface area contributed by atoms with Crippen LogP contribution in [0, 0.1) is 12.7 Å². The maximum absolute atomic E-state index is 13.1. The van der Waals surface area contributed by atoms with Crippen molar-refractivity contribution < 1.29 is 9.50 Å². The summed E-state index contributed by atoms with van der Waals surface area (Å²) >= 11 is 5.95. The van der Waals surface area contributed by atoms with E-state index in [-0.39, 0.29) is 12.2 Å². The molecule has 1 aromatic heterocycles. The number of aromatic nitrogens is 2. The smallest absolute Gasteiger partial charge is 0.125 e. The Hall–Kier alpha value is -1.52. The second kappa shape index (κ2) is 5.42. The predicted octanol–water partition coefficient (Wildman–Crippen LogP) is 2.85. The molecule has 0 saturated heterocycles. The predicted molar refractivity (Wildman–Crippen MR) is 66.8 cm³/mol. The molecule has 0 radical (unpaired) electrons. The SMILES string of the molecule is Cc1nccc(C(O)Cc2cc(F)ccc2Cl)n1. The van der Waals surface area contributed by atoms with Crippen LogP contribution in [0.25, 0.3) is 0 Å². The van der Waals surface area contributed by atoms with Crippen molar-refractivity contribution in [3.63, 3.8) is 0 Å². The van der Waals surface area contributed by atoms with Crippen molar-refractivity contribution >= 4 is 11.6 Å². The van der Waals surface area contributed by atoms with E-state index in [1.165, 1.54) is 18.2 Å². The molecule has 0 saturated carbocycles. The summed E-state index contributed by atoms with van der Waals surface area (Å²) in [6, 6.07) is 5.71. The minimum atomic E-state index is -0.828. The fraction of sp³-hybridized carbons (Fsp3) is 0.231. The van der Waals surface area contributed by atoms with Crippen LogP contribution in [-0.2, 0) is 6.42 Å². The third kappa shape index (κ3) is 3.03. The number of nitrogens with zero attached hydrogens (tertiary/aromatic N) is 2. The van der Waals surface area contributed by atoms with Gasteiger partial charge in [-0.1, -0.05) is 11.6 Å². The molecule has 0 spiro atoms. The number of benzene rings is 1. The molecule has 0 bridgehead atoms. The average molecular weight is 267 g/mol. The Morgan fingerprint density at radius 1 is 1.39 bits per heavy atom. The Bertz CT molecular complexity index is 562. The summed E-state index contributed by atoms with van der Waals surface area (Å²) in [6.07, 6.45) is 0.965. The minimum Gasteiger partial charge on any atom is -0.386 e. The van der Waals surface area contributed by atoms with Crippen LogP contribution in [0.1, 0.15) is 23.2 Å². The van der Waals surface area contributed by atoms with Gasteiger partial charge in [0.25, 0.3) is 0 Å². The summed E-state index contributed by atoms with van der Waals surface area (Å²) in [5.41, 5.74) is 1.06. The molecule has 1 atom stereocenters. The molecule has 1 aromatic carbocycles. The van der Waals surface area contributed by atoms with Crippen molar-refractivity contribution in [3.05, 3.63) is 58.4 Å². The van der Waals surface area contributed by atoms with Crippen LogP contribution in [0.4, 0.5) is 4.39 Å². The number of aliphatic hydroxyl groups excluding tert-OH is 1. The Kier molecular flexibility index (Phi) is 3.89. The van der Waals surface area contributed by atoms with Gasteiger partial charge in [-0.3, -0.25) is 0 Å². The van der Waals surface area contributed by atoms with E-state index in [2.05, 4.69) is 9.97 Å². The van der Waals surface area contributed by atoms with Crippen LogP contribution in [0.15, 0.2) is 30.5 Å². The maximum atomic E-state index is 13.1. The molecule has 0 amide bonds. The topological polar surface area (TPSA) is 46.0 Å². The molecular formula is C13H12ClFN2O. The van der Waals surface area contributed by atoms with Gasteiger partial charge in [0.05, 0.1) is 5.69 Å². The van der Waals surface area contributed by atoms with Crippen LogP contribution < -0.4 is 0 Å². The number of hydrogen-bond acceptors (Lipinski definition) is 3. The van der Waals surface area contributed by atoms with E-state index in [0.29, 0.717) is 22.1 Å². The van der Waals surface area contributed by atoms with Crippen LogP contribution in [0.3, 0.4) is 0 Å². The molecule has 2 aromatic rings. The van der Waals surface area contributed by atoms with Crippen molar-refractivity contribution in [2.75, 3.05) is 0 Å². The van der Waals surface area contributed by atoms with Gasteiger partial charge < -0.3 is 5.11 Å². The van der Waals surface area contributed by atoms with E-state index in [4.69, 9.17) is 11.6 Å². The first kappa shape index (κ1) is 12.9. The van der Waals surface area contributed by atoms with Crippen LogP contribution in [0.2, 0.25) is 5.02 Å². The molecule has 5 heteroatoms. The molecule has 0 aliphatic heterocycles. The van der Waals surface area contributed by atoms with E-state index >= 15 is 0 Å². The highest BCUT2D eigenvalue weighted by Crippen LogP contribution is 2.23. The van der Waals surface area contributed by atoms with Crippen molar-refractivity contribution in [1.29, 1.82) is 0 Å². The van der Waals surface area contributed by atoms with Crippen molar-refractivity contribution in [3.8, 4) is 0 Å². The van der Waals surface area contributed by atoms with Crippen LogP contribution in [-0.4, -0.2) is 15.1 Å². The third-order valence-corrected chi connectivity index (χ3v) is 2.93. The summed E-state index contributed by atoms with van der Waals surface area (Å²) in [7, 11) is 0. The highest BCUT2D eigenvalue weighted by molar-refractivity contribution is 6.31. The van der Waals surface area contributed by atoms with Gasteiger partial charge in [-0.05, 0) is 36.8 Å². The van der Waals surface area contributed by atoms with Crippen LogP contribution in [0.5, 0.6) is 0 Å². The van der Waals surface area contributed by atoms with Gasteiger partial charge in [0.2, 0.25) is 0 Å². The maximum Gasteiger partial charge on any atom is 0.125 e. The van der Waals surface area contributed by atoms with E-state index in [1.807, 2.05) is 0 Å². The minimum absolute atomic E-state index is 0.215. The Morgan fingerprint density at radius 2 is 2.17 bits per heavy atom. The molecule has 94 valence electrons. The van der Waals surface area contributed by atoms with E-state index in [0.717, 1.165) is 0 Å². The number of rotatable bonds is 3. The highest BCUT2D eigenvalue weighted by atomic mass is 35.5. The fourth-order valence-corrected chi connectivity index (χ4v) is 1.87. The Labute approximate surface area is 109 Å². The van der Waals surface area contributed by atoms with Crippen molar-refractivity contribution in [2.45, 2.75) is 19.4 Å². The lowest BCUT2D eigenvalue weighted by Gasteiger charge is -2.11. The summed E-state index contributed by atoms with van der Waals surface area (Å²) in [5, 5.41) is 10.5. The third-order valence-electron chi connectivity index (χ3n) is 2.56. The van der Waals surface area contributed by atoms with Gasteiger partial charge in [0, 0.05) is 17.6 Å². The van der Waals surface area contributed by atoms with E-state index in [1.54, 1.807) is 19.2 Å². The van der Waals surface area contributed by atoms with Gasteiger partial charge in [-0.2, -0.15) is 0 Å². The molecule has 3 nitrogen and oxygen atoms in total. The van der Waals surface area contributed by atoms with Gasteiger partial charge in [0.1, 0.15) is 17.7 Å². The fourth-order valence-electron chi connectivity index (χ4n) is 1.67. The Morgan fingerprint density at radius 3 is 2.89 bits per heavy atom. The normalized spacial score (nSPS) is 12.4. The summed E-state index contributed by atoms with van der Waals surface area (Å²) in [5.74, 6) is 0.206. The summed E-state index contributed by atoms with van der Waals surface area (Å²) in [6.45, 7) is 1.74. The molecule has 0 fully saturated rings.